The molecule has 0 aromatic carbocycles. The molecule has 0 saturated carbocycles. The highest BCUT2D eigenvalue weighted by molar-refractivity contribution is 5.43. The maximum atomic E-state index is 13.4. The Hall–Kier alpha value is -2.14. The summed E-state index contributed by atoms with van der Waals surface area (Å²) in [6.07, 6.45) is -9.80. The molecule has 0 radical (unpaired) electrons. The van der Waals surface area contributed by atoms with E-state index in [0.717, 1.165) is 19.6 Å². The standard InChI is InChI=1S/C11H8F8N4/c1-5-3-23(4-20-5)8-6(10(14,15)16)7(21-22(8)2)9(12,13)11(17,18)19/h3-4H,1-2H3. The predicted molar refractivity (Wildman–Crippen MR) is 60.0 cm³/mol. The molecule has 2 heterocycles. The van der Waals surface area contributed by atoms with Crippen LogP contribution in [0.4, 0.5) is 35.1 Å². The second-order valence-corrected chi connectivity index (χ2v) is 4.66. The molecule has 0 amide bonds. The zero-order chi connectivity index (χ0) is 17.8. The Morgan fingerprint density at radius 2 is 1.57 bits per heavy atom. The first-order chi connectivity index (χ1) is 10.3. The molecule has 0 unspecified atom stereocenters. The maximum absolute atomic E-state index is 13.4. The van der Waals surface area contributed by atoms with E-state index >= 15 is 0 Å². The molecule has 0 aliphatic carbocycles. The lowest BCUT2D eigenvalue weighted by Gasteiger charge is -2.19. The second kappa shape index (κ2) is 4.93. The highest BCUT2D eigenvalue weighted by Crippen LogP contribution is 2.49. The Morgan fingerprint density at radius 1 is 1.00 bits per heavy atom. The van der Waals surface area contributed by atoms with E-state index in [1.807, 2.05) is 0 Å². The number of aryl methyl sites for hydroxylation is 2. The van der Waals surface area contributed by atoms with Gasteiger partial charge in [0.05, 0.1) is 5.69 Å². The van der Waals surface area contributed by atoms with Crippen molar-refractivity contribution in [3.8, 4) is 5.82 Å². The van der Waals surface area contributed by atoms with Crippen molar-refractivity contribution in [2.24, 2.45) is 7.05 Å². The predicted octanol–water partition coefficient (Wildman–Crippen LogP) is 3.59. The van der Waals surface area contributed by atoms with Crippen molar-refractivity contribution in [2.45, 2.75) is 25.2 Å². The lowest BCUT2D eigenvalue weighted by molar-refractivity contribution is -0.292. The van der Waals surface area contributed by atoms with Gasteiger partial charge in [0.2, 0.25) is 0 Å². The molecule has 0 aliphatic rings. The topological polar surface area (TPSA) is 35.6 Å². The van der Waals surface area contributed by atoms with Crippen molar-refractivity contribution in [2.75, 3.05) is 0 Å². The van der Waals surface area contributed by atoms with Crippen molar-refractivity contribution in [1.82, 2.24) is 19.3 Å². The molecule has 0 aliphatic heterocycles. The molecule has 0 bridgehead atoms. The van der Waals surface area contributed by atoms with Gasteiger partial charge in [-0.05, 0) is 6.92 Å². The number of imidazole rings is 1. The van der Waals surface area contributed by atoms with E-state index in [4.69, 9.17) is 0 Å². The second-order valence-electron chi connectivity index (χ2n) is 4.66. The summed E-state index contributed by atoms with van der Waals surface area (Å²) in [4.78, 5) is 3.62. The third kappa shape index (κ3) is 2.77. The van der Waals surface area contributed by atoms with Gasteiger partial charge in [0.1, 0.15) is 17.7 Å². The number of hydrogen-bond acceptors (Lipinski definition) is 2. The quantitative estimate of drug-likeness (QED) is 0.778. The van der Waals surface area contributed by atoms with Crippen LogP contribution in [-0.4, -0.2) is 25.5 Å². The first-order valence-electron chi connectivity index (χ1n) is 5.87. The highest BCUT2D eigenvalue weighted by Gasteiger charge is 2.64. The fourth-order valence-corrected chi connectivity index (χ4v) is 1.96. The number of rotatable bonds is 2. The number of nitrogens with zero attached hydrogens (tertiary/aromatic N) is 4. The lowest BCUT2D eigenvalue weighted by atomic mass is 10.1. The highest BCUT2D eigenvalue weighted by atomic mass is 19.4. The van der Waals surface area contributed by atoms with Crippen LogP contribution in [0.1, 0.15) is 17.0 Å². The van der Waals surface area contributed by atoms with Crippen LogP contribution in [0, 0.1) is 6.92 Å². The van der Waals surface area contributed by atoms with Crippen molar-refractivity contribution >= 4 is 0 Å². The van der Waals surface area contributed by atoms with Gasteiger partial charge in [0.15, 0.2) is 5.69 Å². The fraction of sp³-hybridized carbons (Fsp3) is 0.455. The van der Waals surface area contributed by atoms with E-state index in [-0.39, 0.29) is 5.69 Å². The Kier molecular flexibility index (Phi) is 3.69. The summed E-state index contributed by atoms with van der Waals surface area (Å²) in [6.45, 7) is 1.41. The number of aromatic nitrogens is 4. The number of hydrogen-bond donors (Lipinski definition) is 0. The monoisotopic (exact) mass is 348 g/mol. The lowest BCUT2D eigenvalue weighted by Crippen LogP contribution is -2.36. The third-order valence-corrected chi connectivity index (χ3v) is 2.91. The average Bonchev–Trinajstić information content (AvgIpc) is 2.90. The fourth-order valence-electron chi connectivity index (χ4n) is 1.96. The van der Waals surface area contributed by atoms with Crippen LogP contribution in [0.2, 0.25) is 0 Å². The molecule has 0 fully saturated rings. The Bertz CT molecular complexity index is 721. The summed E-state index contributed by atoms with van der Waals surface area (Å²) in [5.41, 5.74) is -4.33. The summed E-state index contributed by atoms with van der Waals surface area (Å²) in [5, 5.41) is 2.78. The molecule has 4 nitrogen and oxygen atoms in total. The molecule has 12 heteroatoms. The van der Waals surface area contributed by atoms with Gasteiger partial charge >= 0.3 is 18.3 Å². The summed E-state index contributed by atoms with van der Waals surface area (Å²) in [6, 6.07) is 0. The molecule has 0 saturated heterocycles. The molecule has 2 aromatic rings. The minimum absolute atomic E-state index is 0.239. The first kappa shape index (κ1) is 17.2. The Labute approximate surface area is 123 Å². The smallest absolute Gasteiger partial charge is 0.290 e. The SMILES string of the molecule is Cc1cn(-c2c(C(F)(F)F)c(C(F)(F)C(F)(F)F)nn2C)cn1. The summed E-state index contributed by atoms with van der Waals surface area (Å²) in [5.74, 6) is -6.75. The van der Waals surface area contributed by atoms with Crippen LogP contribution >= 0.6 is 0 Å². The molecule has 0 N–H and O–H groups in total. The largest absolute Gasteiger partial charge is 0.459 e. The van der Waals surface area contributed by atoms with Crippen molar-refractivity contribution in [3.63, 3.8) is 0 Å². The van der Waals surface area contributed by atoms with Crippen LogP contribution in [0.15, 0.2) is 12.5 Å². The molecule has 23 heavy (non-hydrogen) atoms. The summed E-state index contributed by atoms with van der Waals surface area (Å²) in [7, 11) is 0.829. The van der Waals surface area contributed by atoms with E-state index < -0.39 is 35.4 Å². The molecule has 0 spiro atoms. The minimum atomic E-state index is -6.22. The van der Waals surface area contributed by atoms with Crippen LogP contribution in [0.25, 0.3) is 5.82 Å². The summed E-state index contributed by atoms with van der Waals surface area (Å²) < 4.78 is 105. The van der Waals surface area contributed by atoms with Gasteiger partial charge in [-0.2, -0.15) is 40.2 Å². The maximum Gasteiger partial charge on any atom is 0.459 e. The van der Waals surface area contributed by atoms with Gasteiger partial charge in [0, 0.05) is 13.2 Å². The molecular formula is C11H8F8N4. The van der Waals surface area contributed by atoms with E-state index in [1.54, 1.807) is 0 Å². The zero-order valence-electron chi connectivity index (χ0n) is 11.5. The van der Waals surface area contributed by atoms with Gasteiger partial charge in [-0.25, -0.2) is 4.98 Å². The van der Waals surface area contributed by atoms with Crippen LogP contribution in [0.3, 0.4) is 0 Å². The van der Waals surface area contributed by atoms with Crippen molar-refractivity contribution < 1.29 is 35.1 Å². The Balaban J connectivity index is 2.82. The third-order valence-electron chi connectivity index (χ3n) is 2.91. The van der Waals surface area contributed by atoms with Crippen LogP contribution < -0.4 is 0 Å². The van der Waals surface area contributed by atoms with E-state index in [0.29, 0.717) is 9.25 Å². The summed E-state index contributed by atoms with van der Waals surface area (Å²) >= 11 is 0. The molecule has 128 valence electrons. The number of alkyl halides is 8. The van der Waals surface area contributed by atoms with Crippen LogP contribution in [0.5, 0.6) is 0 Å². The van der Waals surface area contributed by atoms with Gasteiger partial charge in [-0.3, -0.25) is 9.25 Å². The molecule has 2 aromatic heterocycles. The van der Waals surface area contributed by atoms with Crippen LogP contribution in [-0.2, 0) is 19.1 Å². The zero-order valence-corrected chi connectivity index (χ0v) is 11.5. The first-order valence-corrected chi connectivity index (χ1v) is 5.87. The van der Waals surface area contributed by atoms with E-state index in [2.05, 4.69) is 10.1 Å². The minimum Gasteiger partial charge on any atom is -0.290 e. The molecule has 2 rings (SSSR count). The number of halogens is 8. The van der Waals surface area contributed by atoms with Crippen molar-refractivity contribution in [1.29, 1.82) is 0 Å². The van der Waals surface area contributed by atoms with Gasteiger partial charge in [-0.1, -0.05) is 0 Å². The van der Waals surface area contributed by atoms with Gasteiger partial charge < -0.3 is 0 Å². The van der Waals surface area contributed by atoms with E-state index in [1.165, 1.54) is 6.92 Å². The average molecular weight is 348 g/mol. The normalized spacial score (nSPS) is 13.7. The van der Waals surface area contributed by atoms with Crippen molar-refractivity contribution in [3.05, 3.63) is 29.5 Å². The molecule has 0 atom stereocenters. The van der Waals surface area contributed by atoms with Gasteiger partial charge in [0.25, 0.3) is 0 Å². The molecular weight excluding hydrogens is 340 g/mol. The van der Waals surface area contributed by atoms with E-state index in [9.17, 15) is 35.1 Å². The Morgan fingerprint density at radius 3 is 1.96 bits per heavy atom. The van der Waals surface area contributed by atoms with Gasteiger partial charge in [-0.15, -0.1) is 0 Å².